The van der Waals surface area contributed by atoms with Crippen molar-refractivity contribution in [2.75, 3.05) is 20.3 Å². The summed E-state index contributed by atoms with van der Waals surface area (Å²) in [5.74, 6) is 2.66. The highest BCUT2D eigenvalue weighted by Gasteiger charge is 2.35. The maximum atomic E-state index is 14.6. The zero-order valence-electron chi connectivity index (χ0n) is 22.4. The summed E-state index contributed by atoms with van der Waals surface area (Å²) in [5.41, 5.74) is 2.78. The van der Waals surface area contributed by atoms with E-state index in [0.717, 1.165) is 11.1 Å². The molecule has 8 nitrogen and oxygen atoms in total. The zero-order valence-corrected chi connectivity index (χ0v) is 23.2. The molecule has 1 atom stereocenters. The molecule has 2 N–H and O–H groups in total. The Bertz CT molecular complexity index is 1650. The van der Waals surface area contributed by atoms with Gasteiger partial charge in [0, 0.05) is 38.7 Å². The molecule has 2 heterocycles. The second-order valence-corrected chi connectivity index (χ2v) is 11.2. The summed E-state index contributed by atoms with van der Waals surface area (Å²) in [6.07, 6.45) is 5.35. The van der Waals surface area contributed by atoms with Crippen LogP contribution < -0.4 is 5.14 Å². The van der Waals surface area contributed by atoms with Crippen LogP contribution in [0.15, 0.2) is 88.5 Å². The Labute approximate surface area is 238 Å². The molecule has 1 aliphatic heterocycles. The molecule has 212 valence electrons. The lowest BCUT2D eigenvalue weighted by Crippen LogP contribution is -2.35. The first-order valence-electron chi connectivity index (χ1n) is 13.0. The maximum Gasteiger partial charge on any atom is 0.238 e. The Morgan fingerprint density at radius 1 is 1.07 bits per heavy atom. The van der Waals surface area contributed by atoms with Gasteiger partial charge in [0.25, 0.3) is 0 Å². The third-order valence-electron chi connectivity index (χ3n) is 7.14. The Balaban J connectivity index is 1.40. The van der Waals surface area contributed by atoms with Crippen molar-refractivity contribution in [3.8, 4) is 23.4 Å². The third kappa shape index (κ3) is 6.50. The number of nitrogens with zero attached hydrogens (tertiary/aromatic N) is 1. The SMILES string of the molecule is COC1(c2cc(F)cc(COC#CC(c3ccccc3)c3ncoc3-c3ccc(S(N)(=O)=O)cc3)c2)CCOCC1. The van der Waals surface area contributed by atoms with E-state index in [1.54, 1.807) is 19.2 Å². The molecule has 5 rings (SSSR count). The Kier molecular flexibility index (Phi) is 8.52. The van der Waals surface area contributed by atoms with Gasteiger partial charge in [0.2, 0.25) is 10.0 Å². The van der Waals surface area contributed by atoms with Crippen molar-refractivity contribution >= 4 is 10.0 Å². The van der Waals surface area contributed by atoms with Crippen molar-refractivity contribution in [1.82, 2.24) is 4.98 Å². The highest BCUT2D eigenvalue weighted by atomic mass is 32.2. The van der Waals surface area contributed by atoms with Crippen molar-refractivity contribution in [2.24, 2.45) is 5.14 Å². The molecule has 4 aromatic rings. The largest absolute Gasteiger partial charge is 0.443 e. The average molecular weight is 577 g/mol. The van der Waals surface area contributed by atoms with Crippen molar-refractivity contribution in [1.29, 1.82) is 0 Å². The monoisotopic (exact) mass is 576 g/mol. The van der Waals surface area contributed by atoms with Gasteiger partial charge in [-0.3, -0.25) is 0 Å². The summed E-state index contributed by atoms with van der Waals surface area (Å²) in [6, 6.07) is 20.3. The standard InChI is InChI=1S/C31H29FN2O6S/c1-37-31(12-15-38-16-13-31)25-17-22(18-26(32)19-25)20-39-14-11-28(23-5-3-2-4-6-23)29-30(40-21-34-29)24-7-9-27(10-8-24)41(33,35)36/h2-10,17-19,21,28H,12-13,15-16,20H2,1H3,(H2,33,35,36). The second kappa shape index (κ2) is 12.2. The number of benzene rings is 3. The first kappa shape index (κ1) is 28.5. The molecule has 0 radical (unpaired) electrons. The average Bonchev–Trinajstić information content (AvgIpc) is 3.47. The molecule has 0 aliphatic carbocycles. The summed E-state index contributed by atoms with van der Waals surface area (Å²) in [6.45, 7) is 1.15. The number of sulfonamides is 1. The molecule has 1 fully saturated rings. The number of oxazole rings is 1. The molecule has 1 aromatic heterocycles. The van der Waals surface area contributed by atoms with E-state index in [1.807, 2.05) is 36.4 Å². The van der Waals surface area contributed by atoms with Gasteiger partial charge < -0.3 is 18.6 Å². The molecule has 0 saturated carbocycles. The van der Waals surface area contributed by atoms with Crippen molar-refractivity contribution in [3.05, 3.63) is 107 Å². The topological polar surface area (TPSA) is 114 Å². The van der Waals surface area contributed by atoms with Gasteiger partial charge in [-0.25, -0.2) is 22.9 Å². The van der Waals surface area contributed by atoms with Crippen molar-refractivity contribution in [2.45, 2.75) is 35.9 Å². The Morgan fingerprint density at radius 2 is 1.80 bits per heavy atom. The van der Waals surface area contributed by atoms with E-state index in [1.165, 1.54) is 30.7 Å². The Hall–Kier alpha value is -4.01. The van der Waals surface area contributed by atoms with Gasteiger partial charge in [0.05, 0.1) is 16.4 Å². The fourth-order valence-corrected chi connectivity index (χ4v) is 5.47. The maximum absolute atomic E-state index is 14.6. The van der Waals surface area contributed by atoms with Crippen molar-refractivity contribution in [3.63, 3.8) is 0 Å². The summed E-state index contributed by atoms with van der Waals surface area (Å²) >= 11 is 0. The fraction of sp³-hybridized carbons (Fsp3) is 0.258. The number of primary sulfonamides is 1. The predicted molar refractivity (Wildman–Crippen MR) is 149 cm³/mol. The van der Waals surface area contributed by atoms with Crippen LogP contribution >= 0.6 is 0 Å². The number of rotatable bonds is 8. The van der Waals surface area contributed by atoms with Gasteiger partial charge in [0.15, 0.2) is 12.2 Å². The van der Waals surface area contributed by atoms with E-state index in [9.17, 15) is 12.8 Å². The number of hydrogen-bond donors (Lipinski definition) is 1. The van der Waals surface area contributed by atoms with Crippen LogP contribution in [-0.4, -0.2) is 33.7 Å². The van der Waals surface area contributed by atoms with E-state index in [2.05, 4.69) is 17.0 Å². The van der Waals surface area contributed by atoms with Crippen LogP contribution in [0.3, 0.4) is 0 Å². The molecule has 0 spiro atoms. The smallest absolute Gasteiger partial charge is 0.238 e. The zero-order chi connectivity index (χ0) is 28.9. The van der Waals surface area contributed by atoms with Gasteiger partial charge in [-0.15, -0.1) is 0 Å². The molecule has 3 aromatic carbocycles. The summed E-state index contributed by atoms with van der Waals surface area (Å²) in [5, 5.41) is 5.23. The normalized spacial score (nSPS) is 15.5. The second-order valence-electron chi connectivity index (χ2n) is 9.67. The van der Waals surface area contributed by atoms with E-state index in [-0.39, 0.29) is 17.3 Å². The number of ether oxygens (including phenoxy) is 3. The number of aromatic nitrogens is 1. The van der Waals surface area contributed by atoms with Crippen LogP contribution in [0.2, 0.25) is 0 Å². The molecule has 1 unspecified atom stereocenters. The lowest BCUT2D eigenvalue weighted by molar-refractivity contribution is -0.0949. The van der Waals surface area contributed by atoms with E-state index < -0.39 is 21.5 Å². The van der Waals surface area contributed by atoms with Crippen molar-refractivity contribution < 1.29 is 31.4 Å². The molecule has 1 aliphatic rings. The quantitative estimate of drug-likeness (QED) is 0.291. The minimum Gasteiger partial charge on any atom is -0.443 e. The number of halogens is 1. The molecular weight excluding hydrogens is 547 g/mol. The van der Waals surface area contributed by atoms with Crippen LogP contribution in [0, 0.1) is 17.8 Å². The van der Waals surface area contributed by atoms with E-state index in [4.69, 9.17) is 23.8 Å². The van der Waals surface area contributed by atoms with Gasteiger partial charge in [-0.1, -0.05) is 30.3 Å². The summed E-state index contributed by atoms with van der Waals surface area (Å²) in [4.78, 5) is 4.42. The first-order valence-corrected chi connectivity index (χ1v) is 14.5. The molecule has 10 heteroatoms. The lowest BCUT2D eigenvalue weighted by Gasteiger charge is -2.36. The first-order chi connectivity index (χ1) is 19.8. The predicted octanol–water partition coefficient (Wildman–Crippen LogP) is 5.09. The van der Waals surface area contributed by atoms with Gasteiger partial charge in [0.1, 0.15) is 24.2 Å². The number of methoxy groups -OCH3 is 1. The van der Waals surface area contributed by atoms with Gasteiger partial charge >= 0.3 is 0 Å². The molecule has 1 saturated heterocycles. The lowest BCUT2D eigenvalue weighted by atomic mass is 9.85. The van der Waals surface area contributed by atoms with Crippen LogP contribution in [0.5, 0.6) is 0 Å². The minimum absolute atomic E-state index is 0.0103. The highest BCUT2D eigenvalue weighted by Crippen LogP contribution is 2.36. The fourth-order valence-electron chi connectivity index (χ4n) is 4.96. The van der Waals surface area contributed by atoms with Crippen LogP contribution in [-0.2, 0) is 36.4 Å². The van der Waals surface area contributed by atoms with E-state index >= 15 is 0 Å². The number of hydrogen-bond acceptors (Lipinski definition) is 7. The highest BCUT2D eigenvalue weighted by molar-refractivity contribution is 7.89. The molecule has 0 amide bonds. The summed E-state index contributed by atoms with van der Waals surface area (Å²) < 4.78 is 60.6. The summed E-state index contributed by atoms with van der Waals surface area (Å²) in [7, 11) is -2.20. The van der Waals surface area contributed by atoms with E-state index in [0.29, 0.717) is 48.6 Å². The molecular formula is C31H29FN2O6S. The van der Waals surface area contributed by atoms with Crippen LogP contribution in [0.25, 0.3) is 11.3 Å². The van der Waals surface area contributed by atoms with Crippen LogP contribution in [0.1, 0.15) is 41.1 Å². The minimum atomic E-state index is -3.83. The molecule has 41 heavy (non-hydrogen) atoms. The third-order valence-corrected chi connectivity index (χ3v) is 8.06. The van der Waals surface area contributed by atoms with Gasteiger partial charge in [-0.05, 0) is 65.1 Å². The Morgan fingerprint density at radius 3 is 2.49 bits per heavy atom. The van der Waals surface area contributed by atoms with Gasteiger partial charge in [-0.2, -0.15) is 0 Å². The molecule has 0 bridgehead atoms. The number of nitrogens with two attached hydrogens (primary N) is 1. The van der Waals surface area contributed by atoms with Crippen LogP contribution in [0.4, 0.5) is 4.39 Å².